The number of H-pyrrole nitrogens is 1. The molecule has 138 valence electrons. The topological polar surface area (TPSA) is 84.2 Å². The first-order chi connectivity index (χ1) is 12.7. The van der Waals surface area contributed by atoms with E-state index in [1.807, 2.05) is 35.4 Å². The highest BCUT2D eigenvalue weighted by Crippen LogP contribution is 2.43. The molecule has 2 aromatic rings. The zero-order valence-electron chi connectivity index (χ0n) is 15.0. The minimum absolute atomic E-state index is 0.0752. The second-order valence-electron chi connectivity index (χ2n) is 7.43. The highest BCUT2D eigenvalue weighted by molar-refractivity contribution is 5.79. The Morgan fingerprint density at radius 1 is 1.38 bits per heavy atom. The van der Waals surface area contributed by atoms with Crippen LogP contribution in [0.2, 0.25) is 0 Å². The highest BCUT2D eigenvalue weighted by Gasteiger charge is 2.44. The maximum atomic E-state index is 12.9. The Morgan fingerprint density at radius 2 is 2.31 bits per heavy atom. The number of nitrogens with one attached hydrogen (secondary N) is 1. The van der Waals surface area contributed by atoms with Crippen LogP contribution < -0.4 is 10.5 Å². The number of nitrogens with zero attached hydrogens (tertiary/aromatic N) is 2. The molecule has 1 amide bonds. The Morgan fingerprint density at radius 3 is 3.19 bits per heavy atom. The van der Waals surface area contributed by atoms with Crippen LogP contribution in [-0.4, -0.2) is 47.2 Å². The number of benzene rings is 1. The molecule has 1 fully saturated rings. The van der Waals surface area contributed by atoms with E-state index in [2.05, 4.69) is 10.2 Å². The minimum atomic E-state index is 0.0752. The highest BCUT2D eigenvalue weighted by atomic mass is 16.5. The van der Waals surface area contributed by atoms with Crippen LogP contribution in [0.4, 0.5) is 0 Å². The third-order valence-electron chi connectivity index (χ3n) is 5.69. The third kappa shape index (κ3) is 3.21. The summed E-state index contributed by atoms with van der Waals surface area (Å²) in [4.78, 5) is 15.0. The number of aromatic amines is 1. The number of ether oxygens (including phenoxy) is 1. The van der Waals surface area contributed by atoms with E-state index in [1.165, 1.54) is 11.3 Å². The summed E-state index contributed by atoms with van der Waals surface area (Å²) in [5.41, 5.74) is 9.12. The molecule has 2 aliphatic rings. The summed E-state index contributed by atoms with van der Waals surface area (Å²) < 4.78 is 5.57. The Labute approximate surface area is 153 Å². The lowest BCUT2D eigenvalue weighted by molar-refractivity contribution is -0.132. The molecule has 1 aliphatic carbocycles. The van der Waals surface area contributed by atoms with Crippen molar-refractivity contribution in [3.63, 3.8) is 0 Å². The van der Waals surface area contributed by atoms with E-state index >= 15 is 0 Å². The number of fused-ring (bicyclic) bond motifs is 2. The van der Waals surface area contributed by atoms with Crippen LogP contribution in [-0.2, 0) is 23.1 Å². The van der Waals surface area contributed by atoms with Crippen molar-refractivity contribution in [2.24, 2.45) is 5.73 Å². The van der Waals surface area contributed by atoms with Gasteiger partial charge in [0.05, 0.1) is 12.6 Å². The van der Waals surface area contributed by atoms with E-state index in [1.54, 1.807) is 0 Å². The standard InChI is InChI=1S/C20H26N4O2/c21-8-10-26-17-4-1-3-15(11-17)12-18(25)24-9-2-6-20(14-24)7-5-16-13-22-23-19(16)20/h1,3-4,11,13H,2,5-10,12,14,21H2,(H,22,23). The van der Waals surface area contributed by atoms with Crippen molar-refractivity contribution in [1.29, 1.82) is 0 Å². The van der Waals surface area contributed by atoms with Gasteiger partial charge in [0, 0.05) is 30.7 Å². The van der Waals surface area contributed by atoms with E-state index in [0.717, 1.165) is 50.1 Å². The second-order valence-corrected chi connectivity index (χ2v) is 7.43. The monoisotopic (exact) mass is 354 g/mol. The summed E-state index contributed by atoms with van der Waals surface area (Å²) in [6, 6.07) is 7.75. The molecule has 1 unspecified atom stereocenters. The van der Waals surface area contributed by atoms with Gasteiger partial charge in [0.2, 0.25) is 5.91 Å². The largest absolute Gasteiger partial charge is 0.492 e. The predicted octanol–water partition coefficient (Wildman–Crippen LogP) is 1.80. The number of carbonyl (C=O) groups excluding carboxylic acids is 1. The fourth-order valence-electron chi connectivity index (χ4n) is 4.42. The molecule has 1 atom stereocenters. The zero-order valence-corrected chi connectivity index (χ0v) is 15.0. The van der Waals surface area contributed by atoms with Gasteiger partial charge >= 0.3 is 0 Å². The number of nitrogens with two attached hydrogens (primary N) is 1. The van der Waals surface area contributed by atoms with Crippen LogP contribution >= 0.6 is 0 Å². The van der Waals surface area contributed by atoms with Gasteiger partial charge in [0.25, 0.3) is 0 Å². The molecule has 1 aromatic carbocycles. The van der Waals surface area contributed by atoms with Crippen molar-refractivity contribution in [2.45, 2.75) is 37.5 Å². The molecule has 1 aliphatic heterocycles. The Hall–Kier alpha value is -2.34. The van der Waals surface area contributed by atoms with Gasteiger partial charge in [-0.15, -0.1) is 0 Å². The lowest BCUT2D eigenvalue weighted by Crippen LogP contribution is -2.48. The number of likely N-dealkylation sites (tertiary alicyclic amines) is 1. The number of rotatable bonds is 5. The molecule has 26 heavy (non-hydrogen) atoms. The quantitative estimate of drug-likeness (QED) is 0.857. The molecule has 6 nitrogen and oxygen atoms in total. The van der Waals surface area contributed by atoms with Gasteiger partial charge in [-0.05, 0) is 48.9 Å². The van der Waals surface area contributed by atoms with Crippen LogP contribution in [0.15, 0.2) is 30.5 Å². The lowest BCUT2D eigenvalue weighted by Gasteiger charge is -2.40. The molecular weight excluding hydrogens is 328 g/mol. The average Bonchev–Trinajstić information content (AvgIpc) is 3.25. The number of hydrogen-bond donors (Lipinski definition) is 2. The summed E-state index contributed by atoms with van der Waals surface area (Å²) in [6.45, 7) is 2.60. The van der Waals surface area contributed by atoms with Gasteiger partial charge < -0.3 is 15.4 Å². The number of aromatic nitrogens is 2. The molecule has 6 heteroatoms. The predicted molar refractivity (Wildman–Crippen MR) is 99.1 cm³/mol. The van der Waals surface area contributed by atoms with Crippen LogP contribution in [0.5, 0.6) is 5.75 Å². The maximum absolute atomic E-state index is 12.9. The molecule has 3 N–H and O–H groups in total. The second kappa shape index (κ2) is 7.11. The van der Waals surface area contributed by atoms with Gasteiger partial charge in [-0.1, -0.05) is 12.1 Å². The number of piperidine rings is 1. The molecule has 2 heterocycles. The summed E-state index contributed by atoms with van der Waals surface area (Å²) in [6.07, 6.45) is 6.71. The normalized spacial score (nSPS) is 21.8. The maximum Gasteiger partial charge on any atom is 0.227 e. The van der Waals surface area contributed by atoms with Crippen LogP contribution in [0.25, 0.3) is 0 Å². The number of carbonyl (C=O) groups is 1. The molecule has 1 saturated heterocycles. The minimum Gasteiger partial charge on any atom is -0.492 e. The van der Waals surface area contributed by atoms with E-state index in [0.29, 0.717) is 19.6 Å². The fraction of sp³-hybridized carbons (Fsp3) is 0.500. The first-order valence-corrected chi connectivity index (χ1v) is 9.42. The van der Waals surface area contributed by atoms with Gasteiger partial charge in [-0.25, -0.2) is 0 Å². The van der Waals surface area contributed by atoms with E-state index < -0.39 is 0 Å². The van der Waals surface area contributed by atoms with Crippen molar-refractivity contribution in [1.82, 2.24) is 15.1 Å². The van der Waals surface area contributed by atoms with Crippen molar-refractivity contribution in [3.8, 4) is 5.75 Å². The van der Waals surface area contributed by atoms with Crippen molar-refractivity contribution in [3.05, 3.63) is 47.3 Å². The first-order valence-electron chi connectivity index (χ1n) is 9.42. The number of hydrogen-bond acceptors (Lipinski definition) is 4. The van der Waals surface area contributed by atoms with Gasteiger partial charge in [-0.2, -0.15) is 5.10 Å². The van der Waals surface area contributed by atoms with Gasteiger partial charge in [0.15, 0.2) is 0 Å². The average molecular weight is 354 g/mol. The summed E-state index contributed by atoms with van der Waals surface area (Å²) in [5.74, 6) is 0.960. The van der Waals surface area contributed by atoms with Gasteiger partial charge in [0.1, 0.15) is 12.4 Å². The SMILES string of the molecule is NCCOc1cccc(CC(=O)N2CCCC3(CCc4cn[nH]c43)C2)c1. The lowest BCUT2D eigenvalue weighted by atomic mass is 9.77. The van der Waals surface area contributed by atoms with Crippen LogP contribution in [0.1, 0.15) is 36.1 Å². The van der Waals surface area contributed by atoms with Crippen molar-refractivity contribution in [2.75, 3.05) is 26.2 Å². The molecule has 0 saturated carbocycles. The summed E-state index contributed by atoms with van der Waals surface area (Å²) >= 11 is 0. The number of aryl methyl sites for hydroxylation is 1. The Balaban J connectivity index is 1.44. The smallest absolute Gasteiger partial charge is 0.227 e. The van der Waals surface area contributed by atoms with E-state index in [9.17, 15) is 4.79 Å². The molecule has 0 bridgehead atoms. The van der Waals surface area contributed by atoms with Gasteiger partial charge in [-0.3, -0.25) is 9.89 Å². The van der Waals surface area contributed by atoms with Crippen LogP contribution in [0.3, 0.4) is 0 Å². The Kier molecular flexibility index (Phi) is 4.68. The summed E-state index contributed by atoms with van der Waals surface area (Å²) in [7, 11) is 0. The van der Waals surface area contributed by atoms with Crippen molar-refractivity contribution < 1.29 is 9.53 Å². The number of amides is 1. The molecular formula is C20H26N4O2. The molecule has 4 rings (SSSR count). The molecule has 1 spiro atoms. The van der Waals surface area contributed by atoms with Crippen LogP contribution in [0, 0.1) is 0 Å². The zero-order chi connectivity index (χ0) is 18.0. The third-order valence-corrected chi connectivity index (χ3v) is 5.69. The van der Waals surface area contributed by atoms with E-state index in [-0.39, 0.29) is 11.3 Å². The molecule has 0 radical (unpaired) electrons. The summed E-state index contributed by atoms with van der Waals surface area (Å²) in [5, 5.41) is 7.41. The molecule has 1 aromatic heterocycles. The first kappa shape index (κ1) is 17.1. The van der Waals surface area contributed by atoms with E-state index in [4.69, 9.17) is 10.5 Å². The fourth-order valence-corrected chi connectivity index (χ4v) is 4.42. The Bertz CT molecular complexity index is 788. The van der Waals surface area contributed by atoms with Crippen molar-refractivity contribution >= 4 is 5.91 Å².